The predicted molar refractivity (Wildman–Crippen MR) is 43.7 cm³/mol. The topological polar surface area (TPSA) is 98.8 Å². The first kappa shape index (κ1) is 7.53. The molecule has 0 bridgehead atoms. The molecule has 2 aromatic rings. The molecule has 0 saturated carbocycles. The van der Waals surface area contributed by atoms with Gasteiger partial charge in [-0.05, 0) is 0 Å². The molecule has 0 aromatic carbocycles. The minimum absolute atomic E-state index is 0.00657. The normalized spacial score (nSPS) is 10.5. The fourth-order valence-electron chi connectivity index (χ4n) is 1.12. The summed E-state index contributed by atoms with van der Waals surface area (Å²) >= 11 is 0. The van der Waals surface area contributed by atoms with Crippen LogP contribution in [0.2, 0.25) is 0 Å². The van der Waals surface area contributed by atoms with Crippen molar-refractivity contribution in [3.63, 3.8) is 0 Å². The summed E-state index contributed by atoms with van der Waals surface area (Å²) in [6, 6.07) is 0. The third-order valence-electron chi connectivity index (χ3n) is 1.73. The van der Waals surface area contributed by atoms with E-state index in [-0.39, 0.29) is 22.0 Å². The van der Waals surface area contributed by atoms with Gasteiger partial charge in [-0.2, -0.15) is 5.10 Å². The van der Waals surface area contributed by atoms with Crippen LogP contribution in [0, 0.1) is 0 Å². The molecule has 66 valence electrons. The van der Waals surface area contributed by atoms with Crippen LogP contribution >= 0.6 is 0 Å². The Labute approximate surface area is 71.2 Å². The van der Waals surface area contributed by atoms with Crippen LogP contribution in [0.5, 0.6) is 0 Å². The largest absolute Gasteiger partial charge is 0.478 e. The Hall–Kier alpha value is -2.11. The Morgan fingerprint density at radius 1 is 1.54 bits per heavy atom. The van der Waals surface area contributed by atoms with Gasteiger partial charge in [0.15, 0.2) is 0 Å². The summed E-state index contributed by atoms with van der Waals surface area (Å²) in [5.74, 6) is -1.11. The number of nitrogens with zero attached hydrogens (tertiary/aromatic N) is 1. The summed E-state index contributed by atoms with van der Waals surface area (Å²) in [5.41, 5.74) is -0.0999. The van der Waals surface area contributed by atoms with Crippen molar-refractivity contribution in [3.8, 4) is 0 Å². The smallest absolute Gasteiger partial charge is 0.339 e. The van der Waals surface area contributed by atoms with Crippen molar-refractivity contribution in [1.29, 1.82) is 0 Å². The zero-order valence-electron chi connectivity index (χ0n) is 6.37. The highest BCUT2D eigenvalue weighted by molar-refractivity contribution is 6.00. The molecule has 0 spiro atoms. The molecule has 0 aliphatic rings. The molecular formula is C7H5N3O3. The van der Waals surface area contributed by atoms with E-state index in [0.29, 0.717) is 0 Å². The van der Waals surface area contributed by atoms with Crippen molar-refractivity contribution >= 4 is 16.9 Å². The molecule has 13 heavy (non-hydrogen) atoms. The van der Waals surface area contributed by atoms with E-state index in [0.717, 1.165) is 6.20 Å². The van der Waals surface area contributed by atoms with E-state index in [9.17, 15) is 9.59 Å². The molecule has 6 nitrogen and oxygen atoms in total. The molecule has 6 heteroatoms. The maximum Gasteiger partial charge on any atom is 0.339 e. The highest BCUT2D eigenvalue weighted by Crippen LogP contribution is 2.09. The Morgan fingerprint density at radius 2 is 2.31 bits per heavy atom. The number of aromatic amines is 2. The molecule has 0 amide bonds. The number of H-pyrrole nitrogens is 2. The third kappa shape index (κ3) is 0.994. The predicted octanol–water partition coefficient (Wildman–Crippen LogP) is -0.0506. The molecule has 0 aliphatic carbocycles. The highest BCUT2D eigenvalue weighted by Gasteiger charge is 2.11. The van der Waals surface area contributed by atoms with Crippen LogP contribution in [0.25, 0.3) is 10.9 Å². The lowest BCUT2D eigenvalue weighted by molar-refractivity contribution is 0.0698. The summed E-state index contributed by atoms with van der Waals surface area (Å²) < 4.78 is 0. The maximum atomic E-state index is 11.1. The fraction of sp³-hybridized carbons (Fsp3) is 0. The van der Waals surface area contributed by atoms with Crippen molar-refractivity contribution in [1.82, 2.24) is 15.2 Å². The highest BCUT2D eigenvalue weighted by atomic mass is 16.4. The van der Waals surface area contributed by atoms with Gasteiger partial charge in [-0.15, -0.1) is 0 Å². The number of carboxylic acids is 1. The molecule has 0 unspecified atom stereocenters. The van der Waals surface area contributed by atoms with Gasteiger partial charge in [0, 0.05) is 6.20 Å². The number of pyridine rings is 1. The van der Waals surface area contributed by atoms with Crippen LogP contribution in [-0.2, 0) is 0 Å². The van der Waals surface area contributed by atoms with Crippen LogP contribution in [0.4, 0.5) is 0 Å². The number of rotatable bonds is 1. The molecule has 0 fully saturated rings. The van der Waals surface area contributed by atoms with E-state index in [4.69, 9.17) is 5.11 Å². The number of carboxylic acid groups (broad SMARTS) is 1. The average molecular weight is 179 g/mol. The molecule has 3 N–H and O–H groups in total. The minimum atomic E-state index is -1.11. The third-order valence-corrected chi connectivity index (χ3v) is 1.73. The zero-order valence-corrected chi connectivity index (χ0v) is 6.37. The van der Waals surface area contributed by atoms with Crippen molar-refractivity contribution in [2.45, 2.75) is 0 Å². The molecule has 0 aliphatic heterocycles. The van der Waals surface area contributed by atoms with E-state index in [1.165, 1.54) is 6.20 Å². The number of fused-ring (bicyclic) bond motifs is 1. The number of hydrogen-bond donors (Lipinski definition) is 3. The molecular weight excluding hydrogens is 174 g/mol. The van der Waals surface area contributed by atoms with Gasteiger partial charge >= 0.3 is 5.97 Å². The van der Waals surface area contributed by atoms with Gasteiger partial charge in [0.1, 0.15) is 5.56 Å². The van der Waals surface area contributed by atoms with Crippen LogP contribution in [0.15, 0.2) is 17.2 Å². The van der Waals surface area contributed by atoms with Gasteiger partial charge in [-0.1, -0.05) is 0 Å². The van der Waals surface area contributed by atoms with Gasteiger partial charge < -0.3 is 10.1 Å². The lowest BCUT2D eigenvalue weighted by atomic mass is 10.2. The average Bonchev–Trinajstić information content (AvgIpc) is 2.53. The SMILES string of the molecule is O=C(O)c1c[nH]c(=O)c2cn[nH]c12. The lowest BCUT2D eigenvalue weighted by Crippen LogP contribution is -2.08. The molecule has 0 saturated heterocycles. The number of aromatic carboxylic acids is 1. The van der Waals surface area contributed by atoms with E-state index in [1.54, 1.807) is 0 Å². The van der Waals surface area contributed by atoms with Crippen LogP contribution < -0.4 is 5.56 Å². The first-order chi connectivity index (χ1) is 6.20. The standard InChI is InChI=1S/C7H5N3O3/c11-6-3-2-9-10-5(3)4(1-8-6)7(12)13/h1-2H,(H,8,11)(H,9,10)(H,12,13). The van der Waals surface area contributed by atoms with Crippen molar-refractivity contribution in [2.24, 2.45) is 0 Å². The fourth-order valence-corrected chi connectivity index (χ4v) is 1.12. The van der Waals surface area contributed by atoms with Gasteiger partial charge in [0.2, 0.25) is 0 Å². The van der Waals surface area contributed by atoms with E-state index < -0.39 is 5.97 Å². The number of hydrogen-bond acceptors (Lipinski definition) is 3. The van der Waals surface area contributed by atoms with Crippen molar-refractivity contribution in [3.05, 3.63) is 28.3 Å². The molecule has 0 radical (unpaired) electrons. The second-order valence-electron chi connectivity index (χ2n) is 2.50. The van der Waals surface area contributed by atoms with Gasteiger partial charge in [-0.3, -0.25) is 9.89 Å². The quantitative estimate of drug-likeness (QED) is 0.571. The number of nitrogens with one attached hydrogen (secondary N) is 2. The van der Waals surface area contributed by atoms with Gasteiger partial charge in [0.05, 0.1) is 17.1 Å². The minimum Gasteiger partial charge on any atom is -0.478 e. The second-order valence-corrected chi connectivity index (χ2v) is 2.50. The molecule has 2 heterocycles. The Bertz CT molecular complexity index is 525. The van der Waals surface area contributed by atoms with Crippen LogP contribution in [0.1, 0.15) is 10.4 Å². The molecule has 2 aromatic heterocycles. The molecule has 2 rings (SSSR count). The summed E-state index contributed by atoms with van der Waals surface area (Å²) in [7, 11) is 0. The zero-order chi connectivity index (χ0) is 9.42. The molecule has 0 atom stereocenters. The lowest BCUT2D eigenvalue weighted by Gasteiger charge is -1.93. The Kier molecular flexibility index (Phi) is 1.42. The van der Waals surface area contributed by atoms with Gasteiger partial charge in [0.25, 0.3) is 5.56 Å². The Morgan fingerprint density at radius 3 is 3.00 bits per heavy atom. The number of carbonyl (C=O) groups is 1. The van der Waals surface area contributed by atoms with Crippen LogP contribution in [0.3, 0.4) is 0 Å². The van der Waals surface area contributed by atoms with Gasteiger partial charge in [-0.25, -0.2) is 4.79 Å². The number of aromatic nitrogens is 3. The van der Waals surface area contributed by atoms with Crippen molar-refractivity contribution < 1.29 is 9.90 Å². The summed E-state index contributed by atoms with van der Waals surface area (Å²) in [6.45, 7) is 0. The first-order valence-corrected chi connectivity index (χ1v) is 3.48. The monoisotopic (exact) mass is 179 g/mol. The van der Waals surface area contributed by atoms with E-state index >= 15 is 0 Å². The van der Waals surface area contributed by atoms with E-state index in [1.807, 2.05) is 0 Å². The van der Waals surface area contributed by atoms with Crippen LogP contribution in [-0.4, -0.2) is 26.3 Å². The Balaban J connectivity index is 2.94. The first-order valence-electron chi connectivity index (χ1n) is 3.48. The summed E-state index contributed by atoms with van der Waals surface area (Å²) in [6.07, 6.45) is 2.44. The second kappa shape index (κ2) is 2.44. The van der Waals surface area contributed by atoms with E-state index in [2.05, 4.69) is 15.2 Å². The van der Waals surface area contributed by atoms with Crippen molar-refractivity contribution in [2.75, 3.05) is 0 Å². The maximum absolute atomic E-state index is 11.1. The summed E-state index contributed by atoms with van der Waals surface area (Å²) in [4.78, 5) is 24.1. The summed E-state index contributed by atoms with van der Waals surface area (Å²) in [5, 5.41) is 15.0.